The first-order chi connectivity index (χ1) is 13.1. The van der Waals surface area contributed by atoms with Crippen LogP contribution >= 0.6 is 0 Å². The number of esters is 1. The van der Waals surface area contributed by atoms with Crippen LogP contribution in [0.4, 0.5) is 5.69 Å². The van der Waals surface area contributed by atoms with E-state index in [0.29, 0.717) is 30.7 Å². The molecule has 0 aromatic heterocycles. The van der Waals surface area contributed by atoms with Crippen molar-refractivity contribution < 1.29 is 14.3 Å². The number of carbonyl (C=O) groups excluding carboxylic acids is 2. The van der Waals surface area contributed by atoms with Gasteiger partial charge >= 0.3 is 5.97 Å². The molecule has 3 aromatic rings. The summed E-state index contributed by atoms with van der Waals surface area (Å²) in [5.74, 6) is -0.450. The standard InChI is InChI=1S/C23H23NO3/c1-3-27-23(26)19-12-7-13-21(16(19)2)24-22(25)15-14-18-10-6-9-17-8-4-5-11-20(17)18/h4-13H,3,14-15H2,1-2H3,(H,24,25). The Balaban J connectivity index is 1.69. The van der Waals surface area contributed by atoms with Crippen LogP contribution < -0.4 is 5.32 Å². The number of carbonyl (C=O) groups is 2. The van der Waals surface area contributed by atoms with Gasteiger partial charge in [0, 0.05) is 12.1 Å². The van der Waals surface area contributed by atoms with Gasteiger partial charge in [-0.05, 0) is 54.3 Å². The van der Waals surface area contributed by atoms with E-state index in [1.54, 1.807) is 25.1 Å². The van der Waals surface area contributed by atoms with Gasteiger partial charge < -0.3 is 10.1 Å². The summed E-state index contributed by atoms with van der Waals surface area (Å²) < 4.78 is 5.06. The third kappa shape index (κ3) is 4.34. The Labute approximate surface area is 159 Å². The van der Waals surface area contributed by atoms with Gasteiger partial charge in [0.25, 0.3) is 0 Å². The molecule has 0 radical (unpaired) electrons. The van der Waals surface area contributed by atoms with E-state index >= 15 is 0 Å². The van der Waals surface area contributed by atoms with Crippen LogP contribution in [0.5, 0.6) is 0 Å². The lowest BCUT2D eigenvalue weighted by Gasteiger charge is -2.12. The van der Waals surface area contributed by atoms with Crippen molar-refractivity contribution in [2.45, 2.75) is 26.7 Å². The van der Waals surface area contributed by atoms with Gasteiger partial charge in [0.05, 0.1) is 12.2 Å². The number of hydrogen-bond acceptors (Lipinski definition) is 3. The van der Waals surface area contributed by atoms with Crippen LogP contribution in [-0.2, 0) is 16.0 Å². The first-order valence-electron chi connectivity index (χ1n) is 9.13. The number of hydrogen-bond donors (Lipinski definition) is 1. The zero-order chi connectivity index (χ0) is 19.2. The molecule has 0 atom stereocenters. The number of aryl methyl sites for hydroxylation is 1. The van der Waals surface area contributed by atoms with Gasteiger partial charge in [0.2, 0.25) is 5.91 Å². The third-order valence-corrected chi connectivity index (χ3v) is 4.60. The van der Waals surface area contributed by atoms with Crippen LogP contribution in [0.15, 0.2) is 60.7 Å². The summed E-state index contributed by atoms with van der Waals surface area (Å²) in [6, 6.07) is 19.6. The highest BCUT2D eigenvalue weighted by Crippen LogP contribution is 2.22. The Kier molecular flexibility index (Phi) is 5.87. The minimum atomic E-state index is -0.373. The molecule has 0 bridgehead atoms. The van der Waals surface area contributed by atoms with Gasteiger partial charge in [0.1, 0.15) is 0 Å². The number of fused-ring (bicyclic) bond motifs is 1. The molecule has 4 heteroatoms. The lowest BCUT2D eigenvalue weighted by atomic mass is 10.0. The largest absolute Gasteiger partial charge is 0.462 e. The molecule has 1 N–H and O–H groups in total. The van der Waals surface area contributed by atoms with Crippen molar-refractivity contribution in [3.63, 3.8) is 0 Å². The van der Waals surface area contributed by atoms with E-state index in [1.807, 2.05) is 25.1 Å². The molecule has 0 heterocycles. The summed E-state index contributed by atoms with van der Waals surface area (Å²) in [6.45, 7) is 3.90. The van der Waals surface area contributed by atoms with Gasteiger partial charge in [-0.1, -0.05) is 48.5 Å². The summed E-state index contributed by atoms with van der Waals surface area (Å²) in [7, 11) is 0. The first kappa shape index (κ1) is 18.6. The molecule has 3 aromatic carbocycles. The predicted molar refractivity (Wildman–Crippen MR) is 108 cm³/mol. The summed E-state index contributed by atoms with van der Waals surface area (Å²) in [4.78, 5) is 24.5. The minimum absolute atomic E-state index is 0.0768. The van der Waals surface area contributed by atoms with Crippen LogP contribution in [0.2, 0.25) is 0 Å². The molecule has 3 rings (SSSR count). The van der Waals surface area contributed by atoms with Crippen molar-refractivity contribution in [3.05, 3.63) is 77.4 Å². The molecule has 0 saturated heterocycles. The van der Waals surface area contributed by atoms with Crippen LogP contribution in [-0.4, -0.2) is 18.5 Å². The monoisotopic (exact) mass is 361 g/mol. The molecule has 4 nitrogen and oxygen atoms in total. The lowest BCUT2D eigenvalue weighted by Crippen LogP contribution is -2.15. The highest BCUT2D eigenvalue weighted by Gasteiger charge is 2.14. The van der Waals surface area contributed by atoms with Gasteiger partial charge in [-0.15, -0.1) is 0 Å². The van der Waals surface area contributed by atoms with Gasteiger partial charge in [-0.25, -0.2) is 4.79 Å². The van der Waals surface area contributed by atoms with Crippen molar-refractivity contribution in [2.75, 3.05) is 11.9 Å². The zero-order valence-electron chi connectivity index (χ0n) is 15.6. The highest BCUT2D eigenvalue weighted by atomic mass is 16.5. The molecule has 0 unspecified atom stereocenters. The number of rotatable bonds is 6. The van der Waals surface area contributed by atoms with Crippen LogP contribution in [0.3, 0.4) is 0 Å². The molecule has 138 valence electrons. The molecule has 0 aliphatic carbocycles. The van der Waals surface area contributed by atoms with E-state index in [2.05, 4.69) is 29.6 Å². The number of nitrogens with one attached hydrogen (secondary N) is 1. The molecule has 0 aliphatic heterocycles. The smallest absolute Gasteiger partial charge is 0.338 e. The Morgan fingerprint density at radius 2 is 1.70 bits per heavy atom. The molecular formula is C23H23NO3. The van der Waals surface area contributed by atoms with Gasteiger partial charge in [-0.2, -0.15) is 0 Å². The fraction of sp³-hybridized carbons (Fsp3) is 0.217. The quantitative estimate of drug-likeness (QED) is 0.636. The first-order valence-corrected chi connectivity index (χ1v) is 9.13. The highest BCUT2D eigenvalue weighted by molar-refractivity contribution is 5.97. The fourth-order valence-electron chi connectivity index (χ4n) is 3.17. The number of ether oxygens (including phenoxy) is 1. The van der Waals surface area contributed by atoms with Gasteiger partial charge in [-0.3, -0.25) is 4.79 Å². The van der Waals surface area contributed by atoms with E-state index in [0.717, 1.165) is 11.1 Å². The Morgan fingerprint density at radius 1 is 0.963 bits per heavy atom. The van der Waals surface area contributed by atoms with E-state index in [1.165, 1.54) is 10.8 Å². The second kappa shape index (κ2) is 8.49. The normalized spacial score (nSPS) is 10.6. The number of anilines is 1. The lowest BCUT2D eigenvalue weighted by molar-refractivity contribution is -0.116. The summed E-state index contributed by atoms with van der Waals surface area (Å²) in [6.07, 6.45) is 1.03. The molecule has 0 fully saturated rings. The molecule has 0 spiro atoms. The van der Waals surface area contributed by atoms with E-state index < -0.39 is 0 Å². The zero-order valence-corrected chi connectivity index (χ0v) is 15.6. The van der Waals surface area contributed by atoms with Crippen molar-refractivity contribution in [3.8, 4) is 0 Å². The van der Waals surface area contributed by atoms with Crippen LogP contribution in [0.1, 0.15) is 34.8 Å². The van der Waals surface area contributed by atoms with E-state index in [4.69, 9.17) is 4.74 Å². The molecular weight excluding hydrogens is 338 g/mol. The summed E-state index contributed by atoms with van der Waals surface area (Å²) >= 11 is 0. The maximum Gasteiger partial charge on any atom is 0.338 e. The Morgan fingerprint density at radius 3 is 2.52 bits per heavy atom. The Bertz CT molecular complexity index is 973. The molecule has 0 saturated carbocycles. The average Bonchev–Trinajstić information content (AvgIpc) is 2.68. The van der Waals surface area contributed by atoms with E-state index in [-0.39, 0.29) is 11.9 Å². The number of amides is 1. The molecule has 1 amide bonds. The van der Waals surface area contributed by atoms with E-state index in [9.17, 15) is 9.59 Å². The number of benzene rings is 3. The topological polar surface area (TPSA) is 55.4 Å². The average molecular weight is 361 g/mol. The van der Waals surface area contributed by atoms with Crippen LogP contribution in [0, 0.1) is 6.92 Å². The van der Waals surface area contributed by atoms with Crippen molar-refractivity contribution in [1.82, 2.24) is 0 Å². The third-order valence-electron chi connectivity index (χ3n) is 4.60. The molecule has 27 heavy (non-hydrogen) atoms. The van der Waals surface area contributed by atoms with Gasteiger partial charge in [0.15, 0.2) is 0 Å². The molecule has 0 aliphatic rings. The second-order valence-electron chi connectivity index (χ2n) is 6.39. The summed E-state index contributed by atoms with van der Waals surface area (Å²) in [5, 5.41) is 5.27. The summed E-state index contributed by atoms with van der Waals surface area (Å²) in [5.41, 5.74) is 2.99. The maximum absolute atomic E-state index is 12.5. The van der Waals surface area contributed by atoms with Crippen molar-refractivity contribution in [2.24, 2.45) is 0 Å². The maximum atomic E-state index is 12.5. The Hall–Kier alpha value is -3.14. The predicted octanol–water partition coefficient (Wildman–Crippen LogP) is 4.90. The van der Waals surface area contributed by atoms with Crippen molar-refractivity contribution in [1.29, 1.82) is 0 Å². The second-order valence-corrected chi connectivity index (χ2v) is 6.39. The fourth-order valence-corrected chi connectivity index (χ4v) is 3.17. The minimum Gasteiger partial charge on any atom is -0.462 e. The van der Waals surface area contributed by atoms with Crippen molar-refractivity contribution >= 4 is 28.3 Å². The van der Waals surface area contributed by atoms with Crippen LogP contribution in [0.25, 0.3) is 10.8 Å². The SMILES string of the molecule is CCOC(=O)c1cccc(NC(=O)CCc2cccc3ccccc23)c1C.